The smallest absolute Gasteiger partial charge is 0.331 e. The second-order valence-electron chi connectivity index (χ2n) is 7.98. The van der Waals surface area contributed by atoms with Crippen molar-refractivity contribution < 1.29 is 27.5 Å². The number of nitrogens with zero attached hydrogens (tertiary/aromatic N) is 2. The number of hydrogen-bond donors (Lipinski definition) is 2. The SMILES string of the molecule is Cc1nn([C@H]2CCS(=O)(=O)C2)c(Cl)c1/C=C/C(=O)OCC(=O)NC(=O)NC(C)(C)C. The fourth-order valence-corrected chi connectivity index (χ4v) is 4.87. The fourth-order valence-electron chi connectivity index (χ4n) is 2.80. The quantitative estimate of drug-likeness (QED) is 0.500. The van der Waals surface area contributed by atoms with Crippen molar-refractivity contribution in [2.45, 2.75) is 45.7 Å². The van der Waals surface area contributed by atoms with E-state index in [4.69, 9.17) is 16.3 Å². The van der Waals surface area contributed by atoms with Crippen LogP contribution in [0.3, 0.4) is 0 Å². The molecular formula is C18H25ClN4O6S. The number of sulfone groups is 1. The largest absolute Gasteiger partial charge is 0.452 e. The number of rotatable bonds is 5. The van der Waals surface area contributed by atoms with Gasteiger partial charge in [-0.05, 0) is 40.2 Å². The molecule has 166 valence electrons. The number of urea groups is 1. The Morgan fingerprint density at radius 3 is 2.57 bits per heavy atom. The van der Waals surface area contributed by atoms with Gasteiger partial charge in [0, 0.05) is 17.2 Å². The van der Waals surface area contributed by atoms with Crippen molar-refractivity contribution in [3.63, 3.8) is 0 Å². The molecule has 1 aliphatic rings. The minimum Gasteiger partial charge on any atom is -0.452 e. The van der Waals surface area contributed by atoms with E-state index in [0.29, 0.717) is 17.7 Å². The van der Waals surface area contributed by atoms with Crippen molar-refractivity contribution in [2.24, 2.45) is 0 Å². The van der Waals surface area contributed by atoms with Gasteiger partial charge in [-0.3, -0.25) is 10.1 Å². The standard InChI is InChI=1S/C18H25ClN4O6S/c1-11-13(16(19)23(22-11)12-7-8-30(27,28)10-12)5-6-15(25)29-9-14(24)20-17(26)21-18(2,3)4/h5-6,12H,7-10H2,1-4H3,(H2,20,21,24,26)/b6-5+/t12-/m0/s1. The molecule has 0 aliphatic carbocycles. The highest BCUT2D eigenvalue weighted by Gasteiger charge is 2.31. The van der Waals surface area contributed by atoms with Gasteiger partial charge >= 0.3 is 12.0 Å². The van der Waals surface area contributed by atoms with Crippen molar-refractivity contribution in [1.29, 1.82) is 0 Å². The lowest BCUT2D eigenvalue weighted by molar-refractivity contribution is -0.143. The molecular weight excluding hydrogens is 436 g/mol. The lowest BCUT2D eigenvalue weighted by atomic mass is 10.1. The summed E-state index contributed by atoms with van der Waals surface area (Å²) < 4.78 is 29.6. The lowest BCUT2D eigenvalue weighted by Gasteiger charge is -2.20. The van der Waals surface area contributed by atoms with Gasteiger partial charge in [0.15, 0.2) is 16.4 Å². The summed E-state index contributed by atoms with van der Waals surface area (Å²) in [6, 6.07) is -1.04. The molecule has 0 bridgehead atoms. The van der Waals surface area contributed by atoms with Crippen LogP contribution in [0.4, 0.5) is 4.79 Å². The predicted molar refractivity (Wildman–Crippen MR) is 111 cm³/mol. The van der Waals surface area contributed by atoms with E-state index in [1.54, 1.807) is 27.7 Å². The molecule has 0 radical (unpaired) electrons. The number of hydrogen-bond acceptors (Lipinski definition) is 7. The Kier molecular flexibility index (Phi) is 7.30. The molecule has 10 nitrogen and oxygen atoms in total. The van der Waals surface area contributed by atoms with Crippen LogP contribution in [0, 0.1) is 6.92 Å². The number of esters is 1. The normalized spacial score (nSPS) is 18.4. The Balaban J connectivity index is 1.92. The van der Waals surface area contributed by atoms with Crippen molar-refractivity contribution in [3.05, 3.63) is 22.5 Å². The van der Waals surface area contributed by atoms with Crippen molar-refractivity contribution >= 4 is 45.4 Å². The number of aromatic nitrogens is 2. The van der Waals surface area contributed by atoms with E-state index in [-0.39, 0.29) is 22.7 Å². The van der Waals surface area contributed by atoms with Crippen molar-refractivity contribution in [2.75, 3.05) is 18.1 Å². The topological polar surface area (TPSA) is 136 Å². The number of halogens is 1. The van der Waals surface area contributed by atoms with Gasteiger partial charge in [0.05, 0.1) is 23.2 Å². The summed E-state index contributed by atoms with van der Waals surface area (Å²) in [5.41, 5.74) is 0.450. The van der Waals surface area contributed by atoms with Crippen LogP contribution in [0.2, 0.25) is 5.15 Å². The average molecular weight is 461 g/mol. The number of amides is 3. The van der Waals surface area contributed by atoms with Gasteiger partial charge in [0.1, 0.15) is 5.15 Å². The Morgan fingerprint density at radius 1 is 1.33 bits per heavy atom. The number of imide groups is 1. The monoisotopic (exact) mass is 460 g/mol. The van der Waals surface area contributed by atoms with E-state index in [2.05, 4.69) is 15.7 Å². The molecule has 2 heterocycles. The molecule has 2 N–H and O–H groups in total. The molecule has 12 heteroatoms. The van der Waals surface area contributed by atoms with E-state index >= 15 is 0 Å². The molecule has 0 unspecified atom stereocenters. The highest BCUT2D eigenvalue weighted by atomic mass is 35.5. The zero-order valence-electron chi connectivity index (χ0n) is 17.2. The van der Waals surface area contributed by atoms with Crippen LogP contribution in [-0.4, -0.2) is 59.8 Å². The van der Waals surface area contributed by atoms with Gasteiger partial charge in [-0.15, -0.1) is 0 Å². The molecule has 1 aromatic rings. The first-order valence-corrected chi connectivity index (χ1v) is 11.4. The maximum Gasteiger partial charge on any atom is 0.331 e. The maximum atomic E-state index is 11.9. The first-order valence-electron chi connectivity index (χ1n) is 9.19. The molecule has 30 heavy (non-hydrogen) atoms. The van der Waals surface area contributed by atoms with E-state index in [1.165, 1.54) is 10.8 Å². The molecule has 1 atom stereocenters. The molecule has 3 amide bonds. The van der Waals surface area contributed by atoms with Crippen LogP contribution >= 0.6 is 11.6 Å². The van der Waals surface area contributed by atoms with Gasteiger partial charge in [0.2, 0.25) is 0 Å². The molecule has 1 fully saturated rings. The van der Waals surface area contributed by atoms with E-state index in [9.17, 15) is 22.8 Å². The van der Waals surface area contributed by atoms with E-state index in [0.717, 1.165) is 6.08 Å². The highest BCUT2D eigenvalue weighted by Crippen LogP contribution is 2.30. The summed E-state index contributed by atoms with van der Waals surface area (Å²) in [6.07, 6.45) is 2.89. The number of ether oxygens (including phenoxy) is 1. The van der Waals surface area contributed by atoms with Gasteiger partial charge in [-0.1, -0.05) is 11.6 Å². The Labute approximate surface area is 179 Å². The number of nitrogens with one attached hydrogen (secondary N) is 2. The average Bonchev–Trinajstić information content (AvgIpc) is 3.08. The van der Waals surface area contributed by atoms with E-state index < -0.39 is 39.9 Å². The third-order valence-corrected chi connectivity index (χ3v) is 6.23. The second kappa shape index (κ2) is 9.17. The Bertz CT molecular complexity index is 978. The van der Waals surface area contributed by atoms with Gasteiger partial charge in [-0.25, -0.2) is 22.7 Å². The fraction of sp³-hybridized carbons (Fsp3) is 0.556. The molecule has 1 aliphatic heterocycles. The maximum absolute atomic E-state index is 11.9. The summed E-state index contributed by atoms with van der Waals surface area (Å²) >= 11 is 6.32. The molecule has 1 aromatic heterocycles. The minimum absolute atomic E-state index is 0.0308. The summed E-state index contributed by atoms with van der Waals surface area (Å²) in [5, 5.41) is 9.09. The third kappa shape index (κ3) is 6.84. The van der Waals surface area contributed by atoms with Crippen LogP contribution in [-0.2, 0) is 24.2 Å². The number of carbonyl (C=O) groups excluding carboxylic acids is 3. The van der Waals surface area contributed by atoms with E-state index in [1.807, 2.05) is 0 Å². The molecule has 0 saturated carbocycles. The first kappa shape index (κ1) is 23.9. The Morgan fingerprint density at radius 2 is 2.00 bits per heavy atom. The number of carbonyl (C=O) groups is 3. The van der Waals surface area contributed by atoms with Crippen LogP contribution in [0.5, 0.6) is 0 Å². The first-order chi connectivity index (χ1) is 13.8. The molecule has 0 aromatic carbocycles. The number of aryl methyl sites for hydroxylation is 1. The predicted octanol–water partition coefficient (Wildman–Crippen LogP) is 1.39. The van der Waals surface area contributed by atoms with Crippen LogP contribution in [0.15, 0.2) is 6.08 Å². The minimum atomic E-state index is -3.10. The van der Waals surface area contributed by atoms with Crippen LogP contribution in [0.1, 0.15) is 44.5 Å². The second-order valence-corrected chi connectivity index (χ2v) is 10.6. The summed E-state index contributed by atoms with van der Waals surface area (Å²) in [5.74, 6) is -1.53. The van der Waals surface area contributed by atoms with Gasteiger partial charge < -0.3 is 10.1 Å². The highest BCUT2D eigenvalue weighted by molar-refractivity contribution is 7.91. The summed E-state index contributed by atoms with van der Waals surface area (Å²) in [7, 11) is -3.10. The van der Waals surface area contributed by atoms with Crippen molar-refractivity contribution in [1.82, 2.24) is 20.4 Å². The van der Waals surface area contributed by atoms with Gasteiger partial charge in [-0.2, -0.15) is 5.10 Å². The Hall–Kier alpha value is -2.40. The summed E-state index contributed by atoms with van der Waals surface area (Å²) in [6.45, 7) is 6.30. The lowest BCUT2D eigenvalue weighted by Crippen LogP contribution is -2.49. The van der Waals surface area contributed by atoms with Crippen LogP contribution in [0.25, 0.3) is 6.08 Å². The van der Waals surface area contributed by atoms with Crippen LogP contribution < -0.4 is 10.6 Å². The molecule has 2 rings (SSSR count). The molecule has 0 spiro atoms. The van der Waals surface area contributed by atoms with Crippen molar-refractivity contribution in [3.8, 4) is 0 Å². The zero-order chi connectivity index (χ0) is 22.7. The molecule has 1 saturated heterocycles. The third-order valence-electron chi connectivity index (χ3n) is 4.10. The van der Waals surface area contributed by atoms with Gasteiger partial charge in [0.25, 0.3) is 5.91 Å². The zero-order valence-corrected chi connectivity index (χ0v) is 18.8. The summed E-state index contributed by atoms with van der Waals surface area (Å²) in [4.78, 5) is 35.1.